The number of ether oxygens (including phenoxy) is 1. The molecule has 2 aromatic carbocycles. The highest BCUT2D eigenvalue weighted by molar-refractivity contribution is 5.91. The van der Waals surface area contributed by atoms with E-state index in [9.17, 15) is 4.79 Å². The first kappa shape index (κ1) is 19.9. The Morgan fingerprint density at radius 1 is 1.04 bits per heavy atom. The monoisotopic (exact) mass is 376 g/mol. The summed E-state index contributed by atoms with van der Waals surface area (Å²) in [7, 11) is 0. The summed E-state index contributed by atoms with van der Waals surface area (Å²) in [5.74, 6) is 0.683. The van der Waals surface area contributed by atoms with Gasteiger partial charge in [-0.05, 0) is 60.8 Å². The molecule has 0 aliphatic carbocycles. The number of hydrogen-bond donors (Lipinski definition) is 1. The lowest BCUT2D eigenvalue weighted by atomic mass is 10.1. The summed E-state index contributed by atoms with van der Waals surface area (Å²) >= 11 is 0. The number of rotatable bonds is 9. The van der Waals surface area contributed by atoms with Crippen molar-refractivity contribution in [3.63, 3.8) is 0 Å². The van der Waals surface area contributed by atoms with Crippen LogP contribution in [0.3, 0.4) is 0 Å². The van der Waals surface area contributed by atoms with Crippen LogP contribution in [0.15, 0.2) is 67.3 Å². The number of benzene rings is 2. The van der Waals surface area contributed by atoms with E-state index in [0.717, 1.165) is 23.4 Å². The zero-order chi connectivity index (χ0) is 19.6. The molecule has 0 radical (unpaired) electrons. The summed E-state index contributed by atoms with van der Waals surface area (Å²) in [6.45, 7) is 8.06. The molecule has 1 heterocycles. The van der Waals surface area contributed by atoms with Gasteiger partial charge in [0, 0.05) is 19.2 Å². The molecule has 0 atom stereocenters. The topological polar surface area (TPSA) is 41.6 Å². The van der Waals surface area contributed by atoms with E-state index in [1.807, 2.05) is 24.3 Å². The average molecular weight is 377 g/mol. The molecule has 28 heavy (non-hydrogen) atoms. The van der Waals surface area contributed by atoms with E-state index in [-0.39, 0.29) is 5.91 Å². The van der Waals surface area contributed by atoms with Gasteiger partial charge in [-0.2, -0.15) is 0 Å². The van der Waals surface area contributed by atoms with Crippen molar-refractivity contribution in [2.75, 3.05) is 19.7 Å². The second kappa shape index (κ2) is 10.5. The van der Waals surface area contributed by atoms with E-state index in [0.29, 0.717) is 13.2 Å². The Balaban J connectivity index is 1.43. The average Bonchev–Trinajstić information content (AvgIpc) is 3.24. The predicted molar refractivity (Wildman–Crippen MR) is 114 cm³/mol. The molecule has 1 saturated heterocycles. The Morgan fingerprint density at radius 3 is 2.39 bits per heavy atom. The van der Waals surface area contributed by atoms with Gasteiger partial charge in [-0.25, -0.2) is 0 Å². The molecular formula is C24H28N2O2. The quantitative estimate of drug-likeness (QED) is 0.527. The van der Waals surface area contributed by atoms with Crippen LogP contribution in [-0.4, -0.2) is 30.5 Å². The molecule has 0 aromatic heterocycles. The lowest BCUT2D eigenvalue weighted by Gasteiger charge is -2.14. The summed E-state index contributed by atoms with van der Waals surface area (Å²) < 4.78 is 5.44. The third kappa shape index (κ3) is 6.39. The fraction of sp³-hybridized carbons (Fsp3) is 0.292. The minimum atomic E-state index is -0.104. The van der Waals surface area contributed by atoms with Gasteiger partial charge in [-0.1, -0.05) is 49.1 Å². The zero-order valence-corrected chi connectivity index (χ0v) is 16.3. The van der Waals surface area contributed by atoms with Gasteiger partial charge in [0.25, 0.3) is 0 Å². The van der Waals surface area contributed by atoms with Gasteiger partial charge in [-0.3, -0.25) is 9.69 Å². The predicted octanol–water partition coefficient (Wildman–Crippen LogP) is 4.18. The highest BCUT2D eigenvalue weighted by atomic mass is 16.5. The third-order valence-corrected chi connectivity index (χ3v) is 4.77. The Bertz CT molecular complexity index is 788. The lowest BCUT2D eigenvalue weighted by molar-refractivity contribution is -0.116. The lowest BCUT2D eigenvalue weighted by Crippen LogP contribution is -2.20. The maximum absolute atomic E-state index is 12.1. The van der Waals surface area contributed by atoms with E-state index in [2.05, 4.69) is 41.1 Å². The van der Waals surface area contributed by atoms with Crippen LogP contribution >= 0.6 is 0 Å². The molecule has 1 amide bonds. The molecule has 1 aliphatic rings. The normalized spacial score (nSPS) is 14.3. The molecule has 0 bridgehead atoms. The summed E-state index contributed by atoms with van der Waals surface area (Å²) in [4.78, 5) is 14.5. The number of carbonyl (C=O) groups excluding carboxylic acids is 1. The van der Waals surface area contributed by atoms with Gasteiger partial charge < -0.3 is 10.1 Å². The molecule has 4 heteroatoms. The molecule has 1 aliphatic heterocycles. The van der Waals surface area contributed by atoms with Crippen molar-refractivity contribution >= 4 is 12.0 Å². The van der Waals surface area contributed by atoms with E-state index >= 15 is 0 Å². The maximum atomic E-state index is 12.1. The molecule has 1 N–H and O–H groups in total. The van der Waals surface area contributed by atoms with E-state index < -0.39 is 0 Å². The van der Waals surface area contributed by atoms with Crippen molar-refractivity contribution in [1.29, 1.82) is 0 Å². The molecule has 1 fully saturated rings. The summed E-state index contributed by atoms with van der Waals surface area (Å²) in [5.41, 5.74) is 3.39. The molecule has 3 rings (SSSR count). The highest BCUT2D eigenvalue weighted by Crippen LogP contribution is 2.14. The number of nitrogens with one attached hydrogen (secondary N) is 1. The Morgan fingerprint density at radius 2 is 1.71 bits per heavy atom. The molecule has 0 saturated carbocycles. The standard InChI is InChI=1S/C24H28N2O2/c1-2-17-28-23-12-9-20(10-13-23)11-14-24(27)25-18-21-5-7-22(8-6-21)19-26-15-3-4-16-26/h2,5-14H,1,3-4,15-19H2,(H,25,27)/b14-11+. The molecule has 2 aromatic rings. The largest absolute Gasteiger partial charge is 0.490 e. The number of likely N-dealkylation sites (tertiary alicyclic amines) is 1. The Labute approximate surface area is 167 Å². The van der Waals surface area contributed by atoms with Crippen LogP contribution in [0, 0.1) is 0 Å². The van der Waals surface area contributed by atoms with E-state index in [1.54, 1.807) is 18.2 Å². The van der Waals surface area contributed by atoms with Gasteiger partial charge in [0.1, 0.15) is 12.4 Å². The second-order valence-electron chi connectivity index (χ2n) is 7.02. The summed E-state index contributed by atoms with van der Waals surface area (Å²) in [5, 5.41) is 2.93. The summed E-state index contributed by atoms with van der Waals surface area (Å²) in [6, 6.07) is 16.1. The highest BCUT2D eigenvalue weighted by Gasteiger charge is 2.11. The molecule has 4 nitrogen and oxygen atoms in total. The van der Waals surface area contributed by atoms with Crippen LogP contribution < -0.4 is 10.1 Å². The molecule has 0 unspecified atom stereocenters. The number of carbonyl (C=O) groups is 1. The fourth-order valence-corrected chi connectivity index (χ4v) is 3.21. The van der Waals surface area contributed by atoms with Gasteiger partial charge in [0.15, 0.2) is 0 Å². The van der Waals surface area contributed by atoms with Gasteiger partial charge in [0.2, 0.25) is 5.91 Å². The summed E-state index contributed by atoms with van der Waals surface area (Å²) in [6.07, 6.45) is 7.68. The van der Waals surface area contributed by atoms with Crippen molar-refractivity contribution in [1.82, 2.24) is 10.2 Å². The first-order valence-corrected chi connectivity index (χ1v) is 9.83. The van der Waals surface area contributed by atoms with Crippen LogP contribution in [0.4, 0.5) is 0 Å². The van der Waals surface area contributed by atoms with E-state index in [1.165, 1.54) is 31.5 Å². The van der Waals surface area contributed by atoms with Crippen molar-refractivity contribution in [2.24, 2.45) is 0 Å². The van der Waals surface area contributed by atoms with Gasteiger partial charge in [0.05, 0.1) is 0 Å². The molecule has 0 spiro atoms. The first-order chi connectivity index (χ1) is 13.7. The molecule has 146 valence electrons. The minimum absolute atomic E-state index is 0.104. The van der Waals surface area contributed by atoms with Crippen molar-refractivity contribution in [3.05, 3.63) is 84.0 Å². The number of nitrogens with zero attached hydrogens (tertiary/aromatic N) is 1. The van der Waals surface area contributed by atoms with Crippen LogP contribution in [0.5, 0.6) is 5.75 Å². The third-order valence-electron chi connectivity index (χ3n) is 4.77. The van der Waals surface area contributed by atoms with Crippen LogP contribution in [-0.2, 0) is 17.9 Å². The fourth-order valence-electron chi connectivity index (χ4n) is 3.21. The van der Waals surface area contributed by atoms with Crippen LogP contribution in [0.2, 0.25) is 0 Å². The Kier molecular flexibility index (Phi) is 7.44. The zero-order valence-electron chi connectivity index (χ0n) is 16.3. The van der Waals surface area contributed by atoms with E-state index in [4.69, 9.17) is 4.74 Å². The first-order valence-electron chi connectivity index (χ1n) is 9.83. The van der Waals surface area contributed by atoms with Crippen molar-refractivity contribution < 1.29 is 9.53 Å². The van der Waals surface area contributed by atoms with Crippen LogP contribution in [0.1, 0.15) is 29.5 Å². The Hall–Kier alpha value is -2.85. The minimum Gasteiger partial charge on any atom is -0.490 e. The van der Waals surface area contributed by atoms with Crippen LogP contribution in [0.25, 0.3) is 6.08 Å². The second-order valence-corrected chi connectivity index (χ2v) is 7.02. The molecular weight excluding hydrogens is 348 g/mol. The van der Waals surface area contributed by atoms with Crippen molar-refractivity contribution in [2.45, 2.75) is 25.9 Å². The maximum Gasteiger partial charge on any atom is 0.244 e. The SMILES string of the molecule is C=CCOc1ccc(/C=C/C(=O)NCc2ccc(CN3CCCC3)cc2)cc1. The van der Waals surface area contributed by atoms with Gasteiger partial charge in [-0.15, -0.1) is 0 Å². The number of amides is 1. The number of hydrogen-bond acceptors (Lipinski definition) is 3. The van der Waals surface area contributed by atoms with Gasteiger partial charge >= 0.3 is 0 Å². The van der Waals surface area contributed by atoms with Crippen molar-refractivity contribution in [3.8, 4) is 5.75 Å². The smallest absolute Gasteiger partial charge is 0.244 e.